The summed E-state index contributed by atoms with van der Waals surface area (Å²) in [6.45, 7) is 4.93. The lowest BCUT2D eigenvalue weighted by atomic mass is 10.0. The minimum Gasteiger partial charge on any atom is -0.493 e. The molecular formula is C16H25NO3. The number of unbranched alkanes of at least 4 members (excludes halogenated alkanes) is 2. The minimum atomic E-state index is -0.190. The highest BCUT2D eigenvalue weighted by molar-refractivity contribution is 6.00. The van der Waals surface area contributed by atoms with Gasteiger partial charge in [-0.1, -0.05) is 19.8 Å². The molecule has 0 radical (unpaired) electrons. The maximum atomic E-state index is 12.3. The number of methoxy groups -OCH3 is 2. The third-order valence-electron chi connectivity index (χ3n) is 3.29. The molecule has 0 aliphatic carbocycles. The second-order valence-electron chi connectivity index (χ2n) is 4.82. The summed E-state index contributed by atoms with van der Waals surface area (Å²) >= 11 is 0. The van der Waals surface area contributed by atoms with Gasteiger partial charge in [0.25, 0.3) is 0 Å². The highest BCUT2D eigenvalue weighted by Crippen LogP contribution is 2.27. The molecule has 0 spiro atoms. The van der Waals surface area contributed by atoms with Crippen LogP contribution in [0.1, 0.15) is 43.5 Å². The van der Waals surface area contributed by atoms with Crippen molar-refractivity contribution in [2.75, 3.05) is 20.8 Å². The normalized spacial score (nSPS) is 12.0. The molecule has 0 amide bonds. The van der Waals surface area contributed by atoms with E-state index in [1.54, 1.807) is 32.4 Å². The molecule has 20 heavy (non-hydrogen) atoms. The van der Waals surface area contributed by atoms with Crippen LogP contribution in [0.5, 0.6) is 11.5 Å². The van der Waals surface area contributed by atoms with Gasteiger partial charge in [-0.3, -0.25) is 4.79 Å². The van der Waals surface area contributed by atoms with E-state index in [2.05, 4.69) is 12.2 Å². The molecule has 0 aliphatic rings. The van der Waals surface area contributed by atoms with Crippen molar-refractivity contribution in [3.8, 4) is 11.5 Å². The van der Waals surface area contributed by atoms with E-state index in [4.69, 9.17) is 9.47 Å². The van der Waals surface area contributed by atoms with E-state index >= 15 is 0 Å². The van der Waals surface area contributed by atoms with Gasteiger partial charge in [0.15, 0.2) is 17.3 Å². The van der Waals surface area contributed by atoms with E-state index in [9.17, 15) is 4.79 Å². The highest BCUT2D eigenvalue weighted by Gasteiger charge is 2.16. The number of rotatable bonds is 9. The summed E-state index contributed by atoms with van der Waals surface area (Å²) in [5, 5.41) is 3.26. The Morgan fingerprint density at radius 1 is 1.20 bits per heavy atom. The fourth-order valence-electron chi connectivity index (χ4n) is 2.03. The molecule has 0 aliphatic heterocycles. The van der Waals surface area contributed by atoms with Gasteiger partial charge >= 0.3 is 0 Å². The maximum absolute atomic E-state index is 12.3. The van der Waals surface area contributed by atoms with Gasteiger partial charge in [-0.2, -0.15) is 0 Å². The molecule has 1 unspecified atom stereocenters. The Kier molecular flexibility index (Phi) is 7.09. The average molecular weight is 279 g/mol. The number of nitrogens with one attached hydrogen (secondary N) is 1. The van der Waals surface area contributed by atoms with E-state index < -0.39 is 0 Å². The first-order chi connectivity index (χ1) is 9.63. The molecule has 4 nitrogen and oxygen atoms in total. The summed E-state index contributed by atoms with van der Waals surface area (Å²) < 4.78 is 10.4. The summed E-state index contributed by atoms with van der Waals surface area (Å²) in [7, 11) is 3.15. The first kappa shape index (κ1) is 16.5. The van der Waals surface area contributed by atoms with Crippen molar-refractivity contribution in [3.05, 3.63) is 23.8 Å². The Morgan fingerprint density at radius 2 is 1.90 bits per heavy atom. The van der Waals surface area contributed by atoms with Gasteiger partial charge in [-0.25, -0.2) is 0 Å². The van der Waals surface area contributed by atoms with E-state index in [1.807, 2.05) is 6.92 Å². The molecule has 0 saturated heterocycles. The van der Waals surface area contributed by atoms with Gasteiger partial charge in [0.2, 0.25) is 0 Å². The SMILES string of the molecule is CCCCCNC(C)C(=O)c1ccc(OC)c(OC)c1. The molecular weight excluding hydrogens is 254 g/mol. The van der Waals surface area contributed by atoms with Gasteiger partial charge in [0.05, 0.1) is 20.3 Å². The first-order valence-corrected chi connectivity index (χ1v) is 7.13. The molecule has 1 atom stereocenters. The Bertz CT molecular complexity index is 432. The molecule has 0 saturated carbocycles. The fraction of sp³-hybridized carbons (Fsp3) is 0.562. The van der Waals surface area contributed by atoms with Crippen LogP contribution in [0.25, 0.3) is 0 Å². The lowest BCUT2D eigenvalue weighted by Crippen LogP contribution is -2.34. The molecule has 0 bridgehead atoms. The van der Waals surface area contributed by atoms with Crippen molar-refractivity contribution in [2.45, 2.75) is 39.2 Å². The summed E-state index contributed by atoms with van der Waals surface area (Å²) in [6, 6.07) is 5.07. The molecule has 112 valence electrons. The number of benzene rings is 1. The topological polar surface area (TPSA) is 47.6 Å². The van der Waals surface area contributed by atoms with Crippen LogP contribution in [0.15, 0.2) is 18.2 Å². The summed E-state index contributed by atoms with van der Waals surface area (Å²) in [6.07, 6.45) is 3.46. The first-order valence-electron chi connectivity index (χ1n) is 7.13. The number of carbonyl (C=O) groups excluding carboxylic acids is 1. The maximum Gasteiger partial charge on any atom is 0.179 e. The molecule has 1 aromatic rings. The minimum absolute atomic E-state index is 0.0717. The zero-order chi connectivity index (χ0) is 15.0. The Balaban J connectivity index is 2.66. The number of ketones is 1. The molecule has 0 heterocycles. The van der Waals surface area contributed by atoms with Crippen LogP contribution in [0.2, 0.25) is 0 Å². The predicted molar refractivity (Wildman–Crippen MR) is 80.9 cm³/mol. The van der Waals surface area contributed by atoms with Crippen molar-refractivity contribution in [1.29, 1.82) is 0 Å². The van der Waals surface area contributed by atoms with Gasteiger partial charge < -0.3 is 14.8 Å². The largest absolute Gasteiger partial charge is 0.493 e. The summed E-state index contributed by atoms with van der Waals surface area (Å²) in [4.78, 5) is 12.3. The zero-order valence-corrected chi connectivity index (χ0v) is 12.9. The van der Waals surface area contributed by atoms with Crippen LogP contribution in [-0.4, -0.2) is 32.6 Å². The van der Waals surface area contributed by atoms with Crippen molar-refractivity contribution >= 4 is 5.78 Å². The predicted octanol–water partition coefficient (Wildman–Crippen LogP) is 3.05. The number of hydrogen-bond acceptors (Lipinski definition) is 4. The second kappa shape index (κ2) is 8.59. The highest BCUT2D eigenvalue weighted by atomic mass is 16.5. The fourth-order valence-corrected chi connectivity index (χ4v) is 2.03. The van der Waals surface area contributed by atoms with Gasteiger partial charge in [-0.05, 0) is 38.1 Å². The Labute approximate surface area is 121 Å². The molecule has 0 aromatic heterocycles. The van der Waals surface area contributed by atoms with Crippen molar-refractivity contribution in [3.63, 3.8) is 0 Å². The Morgan fingerprint density at radius 3 is 2.50 bits per heavy atom. The van der Waals surface area contributed by atoms with Crippen LogP contribution >= 0.6 is 0 Å². The van der Waals surface area contributed by atoms with Crippen LogP contribution in [0, 0.1) is 0 Å². The van der Waals surface area contributed by atoms with E-state index in [1.165, 1.54) is 12.8 Å². The lowest BCUT2D eigenvalue weighted by Gasteiger charge is -2.14. The molecule has 1 rings (SSSR count). The zero-order valence-electron chi connectivity index (χ0n) is 12.9. The van der Waals surface area contributed by atoms with Crippen LogP contribution in [0.3, 0.4) is 0 Å². The van der Waals surface area contributed by atoms with Gasteiger partial charge in [-0.15, -0.1) is 0 Å². The van der Waals surface area contributed by atoms with Crippen molar-refractivity contribution < 1.29 is 14.3 Å². The number of ether oxygens (including phenoxy) is 2. The van der Waals surface area contributed by atoms with Gasteiger partial charge in [0.1, 0.15) is 0 Å². The van der Waals surface area contributed by atoms with Crippen LogP contribution < -0.4 is 14.8 Å². The van der Waals surface area contributed by atoms with Crippen molar-refractivity contribution in [1.82, 2.24) is 5.32 Å². The summed E-state index contributed by atoms with van der Waals surface area (Å²) in [5.74, 6) is 1.28. The van der Waals surface area contributed by atoms with E-state index in [0.29, 0.717) is 17.1 Å². The molecule has 1 aromatic carbocycles. The summed E-state index contributed by atoms with van der Waals surface area (Å²) in [5.41, 5.74) is 0.637. The van der Waals surface area contributed by atoms with E-state index in [0.717, 1.165) is 13.0 Å². The average Bonchev–Trinajstić information content (AvgIpc) is 2.49. The van der Waals surface area contributed by atoms with Crippen LogP contribution in [0.4, 0.5) is 0 Å². The Hall–Kier alpha value is -1.55. The second-order valence-corrected chi connectivity index (χ2v) is 4.82. The standard InChI is InChI=1S/C16H25NO3/c1-5-6-7-10-17-12(2)16(18)13-8-9-14(19-3)15(11-13)20-4/h8-9,11-12,17H,5-7,10H2,1-4H3. The van der Waals surface area contributed by atoms with Gasteiger partial charge in [0, 0.05) is 5.56 Å². The third-order valence-corrected chi connectivity index (χ3v) is 3.29. The molecule has 0 fully saturated rings. The number of Topliss-reactive ketones (excluding diaryl/α,β-unsaturated/α-hetero) is 1. The van der Waals surface area contributed by atoms with E-state index in [-0.39, 0.29) is 11.8 Å². The number of carbonyl (C=O) groups is 1. The smallest absolute Gasteiger partial charge is 0.179 e. The molecule has 4 heteroatoms. The monoisotopic (exact) mass is 279 g/mol. The van der Waals surface area contributed by atoms with Crippen LogP contribution in [-0.2, 0) is 0 Å². The van der Waals surface area contributed by atoms with Crippen molar-refractivity contribution in [2.24, 2.45) is 0 Å². The number of hydrogen-bond donors (Lipinski definition) is 1. The third kappa shape index (κ3) is 4.53. The quantitative estimate of drug-likeness (QED) is 0.557. The lowest BCUT2D eigenvalue weighted by molar-refractivity contribution is 0.0950. The molecule has 1 N–H and O–H groups in total.